The lowest BCUT2D eigenvalue weighted by Crippen LogP contribution is -2.28. The molecule has 1 atom stereocenters. The molecule has 136 valence electrons. The van der Waals surface area contributed by atoms with Crippen molar-refractivity contribution in [2.24, 2.45) is 0 Å². The first-order valence-corrected chi connectivity index (χ1v) is 9.78. The van der Waals surface area contributed by atoms with E-state index in [9.17, 15) is 4.79 Å². The zero-order chi connectivity index (χ0) is 18.8. The fraction of sp³-hybridized carbons (Fsp3) is 0.278. The largest absolute Gasteiger partial charge is 0.349 e. The third-order valence-electron chi connectivity index (χ3n) is 4.14. The molecule has 5 nitrogen and oxygen atoms in total. The average Bonchev–Trinajstić information content (AvgIpc) is 2.98. The molecule has 1 amide bonds. The lowest BCUT2D eigenvalue weighted by atomic mass is 10.0. The quantitative estimate of drug-likeness (QED) is 0.625. The van der Waals surface area contributed by atoms with Crippen molar-refractivity contribution in [2.45, 2.75) is 32.0 Å². The molecule has 0 bridgehead atoms. The van der Waals surface area contributed by atoms with Gasteiger partial charge < -0.3 is 5.32 Å². The first kappa shape index (κ1) is 19.0. The van der Waals surface area contributed by atoms with Gasteiger partial charge in [0.05, 0.1) is 21.8 Å². The van der Waals surface area contributed by atoms with Crippen molar-refractivity contribution in [3.05, 3.63) is 57.2 Å². The van der Waals surface area contributed by atoms with Crippen LogP contribution in [-0.4, -0.2) is 26.3 Å². The van der Waals surface area contributed by atoms with E-state index in [-0.39, 0.29) is 17.7 Å². The summed E-state index contributed by atoms with van der Waals surface area (Å²) in [6, 6.07) is 7.75. The molecule has 0 saturated carbocycles. The van der Waals surface area contributed by atoms with E-state index in [0.29, 0.717) is 20.8 Å². The number of carbonyl (C=O) groups is 1. The summed E-state index contributed by atoms with van der Waals surface area (Å²) in [7, 11) is 0. The Bertz CT molecular complexity index is 973. The van der Waals surface area contributed by atoms with Gasteiger partial charge in [-0.25, -0.2) is 0 Å². The molecule has 2 heterocycles. The lowest BCUT2D eigenvalue weighted by molar-refractivity contribution is -0.119. The second-order valence-electron chi connectivity index (χ2n) is 6.10. The summed E-state index contributed by atoms with van der Waals surface area (Å²) in [5.41, 5.74) is 4.04. The van der Waals surface area contributed by atoms with Gasteiger partial charge in [0, 0.05) is 6.20 Å². The first-order chi connectivity index (χ1) is 12.3. The van der Waals surface area contributed by atoms with Crippen LogP contribution in [0, 0.1) is 13.8 Å². The Kier molecular flexibility index (Phi) is 5.75. The minimum absolute atomic E-state index is 0.0681. The van der Waals surface area contributed by atoms with Crippen LogP contribution in [0.25, 0.3) is 5.65 Å². The number of carbonyl (C=O) groups excluding carboxylic acids is 1. The molecule has 3 aromatic rings. The van der Waals surface area contributed by atoms with Crippen LogP contribution in [0.3, 0.4) is 0 Å². The summed E-state index contributed by atoms with van der Waals surface area (Å²) in [4.78, 5) is 12.3. The highest BCUT2D eigenvalue weighted by Crippen LogP contribution is 2.25. The highest BCUT2D eigenvalue weighted by molar-refractivity contribution is 7.99. The van der Waals surface area contributed by atoms with E-state index < -0.39 is 0 Å². The molecule has 0 aliphatic rings. The smallest absolute Gasteiger partial charge is 0.230 e. The Morgan fingerprint density at radius 1 is 1.23 bits per heavy atom. The molecule has 0 unspecified atom stereocenters. The molecule has 0 fully saturated rings. The Labute approximate surface area is 166 Å². The summed E-state index contributed by atoms with van der Waals surface area (Å²) < 4.78 is 1.69. The number of nitrogens with one attached hydrogen (secondary N) is 1. The summed E-state index contributed by atoms with van der Waals surface area (Å²) in [5.74, 6) is 0.144. The predicted molar refractivity (Wildman–Crippen MR) is 106 cm³/mol. The summed E-state index contributed by atoms with van der Waals surface area (Å²) in [6.07, 6.45) is 1.68. The second kappa shape index (κ2) is 7.86. The van der Waals surface area contributed by atoms with Crippen molar-refractivity contribution in [3.8, 4) is 0 Å². The zero-order valence-corrected chi connectivity index (χ0v) is 16.9. The summed E-state index contributed by atoms with van der Waals surface area (Å²) in [6.45, 7) is 6.11. The Morgan fingerprint density at radius 3 is 2.73 bits per heavy atom. The van der Waals surface area contributed by atoms with E-state index in [4.69, 9.17) is 23.2 Å². The van der Waals surface area contributed by atoms with Crippen molar-refractivity contribution in [2.75, 3.05) is 5.75 Å². The number of thioether (sulfide) groups is 1. The van der Waals surface area contributed by atoms with Gasteiger partial charge in [-0.2, -0.15) is 0 Å². The molecule has 0 radical (unpaired) electrons. The van der Waals surface area contributed by atoms with E-state index in [1.165, 1.54) is 22.9 Å². The van der Waals surface area contributed by atoms with E-state index in [0.717, 1.165) is 5.56 Å². The summed E-state index contributed by atoms with van der Waals surface area (Å²) in [5, 5.41) is 12.6. The molecule has 0 spiro atoms. The zero-order valence-electron chi connectivity index (χ0n) is 14.6. The fourth-order valence-electron chi connectivity index (χ4n) is 2.53. The van der Waals surface area contributed by atoms with Crippen LogP contribution >= 0.6 is 35.0 Å². The number of fused-ring (bicyclic) bond motifs is 1. The van der Waals surface area contributed by atoms with Crippen LogP contribution < -0.4 is 5.32 Å². The number of aromatic nitrogens is 3. The van der Waals surface area contributed by atoms with E-state index in [2.05, 4.69) is 41.5 Å². The van der Waals surface area contributed by atoms with Crippen molar-refractivity contribution in [3.63, 3.8) is 0 Å². The maximum atomic E-state index is 12.3. The number of hydrogen-bond donors (Lipinski definition) is 1. The predicted octanol–water partition coefficient (Wildman–Crippen LogP) is 4.62. The Morgan fingerprint density at radius 2 is 2.00 bits per heavy atom. The van der Waals surface area contributed by atoms with Crippen LogP contribution in [0.2, 0.25) is 10.0 Å². The maximum Gasteiger partial charge on any atom is 0.230 e. The van der Waals surface area contributed by atoms with Gasteiger partial charge in [-0.15, -0.1) is 10.2 Å². The third-order valence-corrected chi connectivity index (χ3v) is 5.56. The van der Waals surface area contributed by atoms with Crippen LogP contribution in [0.15, 0.2) is 35.6 Å². The number of pyridine rings is 1. The Hall–Kier alpha value is -1.76. The molecule has 26 heavy (non-hydrogen) atoms. The fourth-order valence-corrected chi connectivity index (χ4v) is 3.76. The number of rotatable bonds is 5. The molecule has 1 N–H and O–H groups in total. The second-order valence-corrected chi connectivity index (χ2v) is 7.89. The van der Waals surface area contributed by atoms with Gasteiger partial charge in [0.25, 0.3) is 0 Å². The molecule has 1 aromatic carbocycles. The van der Waals surface area contributed by atoms with Crippen LogP contribution in [0.5, 0.6) is 0 Å². The van der Waals surface area contributed by atoms with Crippen LogP contribution in [-0.2, 0) is 4.79 Å². The topological polar surface area (TPSA) is 59.3 Å². The number of amides is 1. The highest BCUT2D eigenvalue weighted by Gasteiger charge is 2.14. The monoisotopic (exact) mass is 408 g/mol. The number of nitrogens with zero attached hydrogens (tertiary/aromatic N) is 3. The maximum absolute atomic E-state index is 12.3. The molecule has 8 heteroatoms. The van der Waals surface area contributed by atoms with E-state index >= 15 is 0 Å². The minimum Gasteiger partial charge on any atom is -0.349 e. The molecule has 3 rings (SSSR count). The number of aryl methyl sites for hydroxylation is 2. The number of halogens is 2. The highest BCUT2D eigenvalue weighted by atomic mass is 35.5. The van der Waals surface area contributed by atoms with Crippen molar-refractivity contribution in [1.29, 1.82) is 0 Å². The molecule has 2 aromatic heterocycles. The third kappa shape index (κ3) is 4.14. The van der Waals surface area contributed by atoms with Gasteiger partial charge in [-0.1, -0.05) is 53.2 Å². The molecule has 0 aliphatic heterocycles. The van der Waals surface area contributed by atoms with Gasteiger partial charge in [-0.3, -0.25) is 9.20 Å². The summed E-state index contributed by atoms with van der Waals surface area (Å²) >= 11 is 13.4. The Balaban J connectivity index is 1.65. The molecular formula is C18H18Cl2N4OS. The number of benzene rings is 1. The van der Waals surface area contributed by atoms with E-state index in [1.807, 2.05) is 13.0 Å². The van der Waals surface area contributed by atoms with Crippen molar-refractivity contribution < 1.29 is 4.79 Å². The van der Waals surface area contributed by atoms with Gasteiger partial charge in [0.1, 0.15) is 0 Å². The molecule has 0 aliphatic carbocycles. The molecule has 0 saturated heterocycles. The SMILES string of the molecule is Cc1ccc([C@@H](C)NC(=O)CSc2nnc3c(Cl)cc(Cl)cn23)cc1C. The van der Waals surface area contributed by atoms with Crippen LogP contribution in [0.1, 0.15) is 29.7 Å². The number of hydrogen-bond acceptors (Lipinski definition) is 4. The molecular weight excluding hydrogens is 391 g/mol. The standard InChI is InChI=1S/C18H18Cl2N4OS/c1-10-4-5-13(6-11(10)2)12(3)21-16(25)9-26-18-23-22-17-15(20)7-14(19)8-24(17)18/h4-8,12H,9H2,1-3H3,(H,21,25)/t12-/m1/s1. The average molecular weight is 409 g/mol. The van der Waals surface area contributed by atoms with Gasteiger partial charge in [-0.05, 0) is 43.5 Å². The van der Waals surface area contributed by atoms with Crippen molar-refractivity contribution in [1.82, 2.24) is 19.9 Å². The van der Waals surface area contributed by atoms with Crippen molar-refractivity contribution >= 4 is 46.5 Å². The van der Waals surface area contributed by atoms with Crippen LogP contribution in [0.4, 0.5) is 0 Å². The van der Waals surface area contributed by atoms with Gasteiger partial charge >= 0.3 is 0 Å². The van der Waals surface area contributed by atoms with Gasteiger partial charge in [0.15, 0.2) is 10.8 Å². The first-order valence-electron chi connectivity index (χ1n) is 8.04. The minimum atomic E-state index is -0.0781. The van der Waals surface area contributed by atoms with Gasteiger partial charge in [0.2, 0.25) is 5.91 Å². The normalized spacial score (nSPS) is 12.3. The van der Waals surface area contributed by atoms with E-state index in [1.54, 1.807) is 16.7 Å². The lowest BCUT2D eigenvalue weighted by Gasteiger charge is -2.15.